The van der Waals surface area contributed by atoms with Crippen LogP contribution in [0.3, 0.4) is 0 Å². The van der Waals surface area contributed by atoms with E-state index in [4.69, 9.17) is 33.2 Å². The zero-order chi connectivity index (χ0) is 28.0. The minimum Gasteiger partial charge on any atom is -0.369 e. The molecule has 0 saturated carbocycles. The molecule has 0 amide bonds. The molecule has 1 aromatic heterocycles. The van der Waals surface area contributed by atoms with E-state index in [9.17, 15) is 0 Å². The second-order valence-corrected chi connectivity index (χ2v) is 11.4. The van der Waals surface area contributed by atoms with Gasteiger partial charge in [0, 0.05) is 48.2 Å². The zero-order valence-electron chi connectivity index (χ0n) is 22.9. The summed E-state index contributed by atoms with van der Waals surface area (Å²) in [5, 5.41) is 6.14. The van der Waals surface area contributed by atoms with Gasteiger partial charge in [0.25, 0.3) is 0 Å². The lowest BCUT2D eigenvalue weighted by atomic mass is 9.96. The predicted molar refractivity (Wildman–Crippen MR) is 170 cm³/mol. The van der Waals surface area contributed by atoms with Gasteiger partial charge in [-0.15, -0.1) is 0 Å². The van der Waals surface area contributed by atoms with Crippen molar-refractivity contribution in [3.63, 3.8) is 0 Å². The summed E-state index contributed by atoms with van der Waals surface area (Å²) in [6.45, 7) is 5.28. The number of hydrogen-bond donors (Lipinski definition) is 1. The number of aromatic nitrogens is 2. The lowest BCUT2D eigenvalue weighted by molar-refractivity contribution is 0.103. The predicted octanol–water partition coefficient (Wildman–Crippen LogP) is 7.50. The van der Waals surface area contributed by atoms with Crippen molar-refractivity contribution in [2.24, 2.45) is 0 Å². The summed E-state index contributed by atoms with van der Waals surface area (Å²) in [6.07, 6.45) is 0.943. The lowest BCUT2D eigenvalue weighted by Gasteiger charge is -2.39. The second kappa shape index (κ2) is 13.0. The van der Waals surface area contributed by atoms with E-state index in [0.717, 1.165) is 78.3 Å². The van der Waals surface area contributed by atoms with Gasteiger partial charge in [-0.2, -0.15) is 0 Å². The molecule has 0 aliphatic carbocycles. The Morgan fingerprint density at radius 2 is 1.29 bits per heavy atom. The van der Waals surface area contributed by atoms with Crippen molar-refractivity contribution in [3.8, 4) is 0 Å². The highest BCUT2D eigenvalue weighted by Crippen LogP contribution is 2.31. The van der Waals surface area contributed by atoms with E-state index >= 15 is 0 Å². The SMILES string of the molecule is Clc1ccc(C(c2ccc(Cl)cc2)N2CCN(Cc3nc(NCCc4ccccc4)c4ccccc4n3)CC2)cc1. The van der Waals surface area contributed by atoms with Crippen molar-refractivity contribution in [1.29, 1.82) is 0 Å². The van der Waals surface area contributed by atoms with Crippen molar-refractivity contribution < 1.29 is 0 Å². The van der Waals surface area contributed by atoms with Crippen molar-refractivity contribution >= 4 is 39.9 Å². The van der Waals surface area contributed by atoms with Gasteiger partial charge < -0.3 is 5.32 Å². The smallest absolute Gasteiger partial charge is 0.145 e. The van der Waals surface area contributed by atoms with Crippen LogP contribution in [-0.2, 0) is 13.0 Å². The quantitative estimate of drug-likeness (QED) is 0.195. The minimum absolute atomic E-state index is 0.143. The fourth-order valence-corrected chi connectivity index (χ4v) is 5.84. The van der Waals surface area contributed by atoms with E-state index in [2.05, 4.69) is 81.8 Å². The van der Waals surface area contributed by atoms with Crippen molar-refractivity contribution in [1.82, 2.24) is 19.8 Å². The number of rotatable bonds is 9. The largest absolute Gasteiger partial charge is 0.369 e. The average Bonchev–Trinajstić information content (AvgIpc) is 3.00. The number of benzene rings is 4. The topological polar surface area (TPSA) is 44.3 Å². The molecular weight excluding hydrogens is 549 g/mol. The van der Waals surface area contributed by atoms with Crippen LogP contribution in [-0.4, -0.2) is 52.5 Å². The molecule has 1 saturated heterocycles. The molecule has 0 spiro atoms. The molecule has 7 heteroatoms. The van der Waals surface area contributed by atoms with Gasteiger partial charge >= 0.3 is 0 Å². The van der Waals surface area contributed by atoms with E-state index in [0.29, 0.717) is 0 Å². The maximum Gasteiger partial charge on any atom is 0.145 e. The summed E-state index contributed by atoms with van der Waals surface area (Å²) in [5.41, 5.74) is 4.75. The van der Waals surface area contributed by atoms with Crippen LogP contribution in [0, 0.1) is 0 Å². The van der Waals surface area contributed by atoms with Crippen molar-refractivity contribution in [2.75, 3.05) is 38.0 Å². The minimum atomic E-state index is 0.143. The first-order chi connectivity index (χ1) is 20.1. The summed E-state index contributed by atoms with van der Waals surface area (Å²) < 4.78 is 0. The monoisotopic (exact) mass is 581 g/mol. The van der Waals surface area contributed by atoms with Crippen LogP contribution < -0.4 is 5.32 Å². The van der Waals surface area contributed by atoms with Crippen LogP contribution >= 0.6 is 23.2 Å². The number of para-hydroxylation sites is 1. The molecule has 5 nitrogen and oxygen atoms in total. The van der Waals surface area contributed by atoms with E-state index in [1.54, 1.807) is 0 Å². The molecule has 0 unspecified atom stereocenters. The lowest BCUT2D eigenvalue weighted by Crippen LogP contribution is -2.47. The van der Waals surface area contributed by atoms with Crippen LogP contribution in [0.4, 0.5) is 5.82 Å². The summed E-state index contributed by atoms with van der Waals surface area (Å²) in [5.74, 6) is 1.76. The number of halogens is 2. The van der Waals surface area contributed by atoms with E-state index < -0.39 is 0 Å². The molecule has 0 radical (unpaired) electrons. The average molecular weight is 583 g/mol. The fraction of sp³-hybridized carbons (Fsp3) is 0.235. The van der Waals surface area contributed by atoms with Gasteiger partial charge in [0.15, 0.2) is 0 Å². The fourth-order valence-electron chi connectivity index (χ4n) is 5.58. The highest BCUT2D eigenvalue weighted by Gasteiger charge is 2.27. The maximum absolute atomic E-state index is 6.21. The molecule has 2 heterocycles. The molecule has 208 valence electrons. The number of fused-ring (bicyclic) bond motifs is 1. The van der Waals surface area contributed by atoms with Gasteiger partial charge in [-0.1, -0.05) is 89.9 Å². The Balaban J connectivity index is 1.15. The van der Waals surface area contributed by atoms with Gasteiger partial charge in [-0.25, -0.2) is 9.97 Å². The first-order valence-corrected chi connectivity index (χ1v) is 14.9. The van der Waals surface area contributed by atoms with E-state index in [-0.39, 0.29) is 6.04 Å². The Labute approximate surface area is 251 Å². The van der Waals surface area contributed by atoms with E-state index in [1.807, 2.05) is 36.4 Å². The number of hydrogen-bond acceptors (Lipinski definition) is 5. The van der Waals surface area contributed by atoms with Crippen molar-refractivity contribution in [3.05, 3.63) is 136 Å². The Hall–Kier alpha value is -3.48. The van der Waals surface area contributed by atoms with Crippen LogP contribution in [0.1, 0.15) is 28.6 Å². The van der Waals surface area contributed by atoms with Crippen molar-refractivity contribution in [2.45, 2.75) is 19.0 Å². The third-order valence-corrected chi connectivity index (χ3v) is 8.21. The molecule has 4 aromatic carbocycles. The summed E-state index contributed by atoms with van der Waals surface area (Å²) in [4.78, 5) is 14.9. The highest BCUT2D eigenvalue weighted by molar-refractivity contribution is 6.30. The van der Waals surface area contributed by atoms with E-state index in [1.165, 1.54) is 16.7 Å². The van der Waals surface area contributed by atoms with Gasteiger partial charge in [0.1, 0.15) is 11.6 Å². The molecule has 1 fully saturated rings. The van der Waals surface area contributed by atoms with Gasteiger partial charge in [-0.3, -0.25) is 9.80 Å². The van der Waals surface area contributed by atoms with Crippen LogP contribution in [0.2, 0.25) is 10.0 Å². The number of anilines is 1. The molecule has 1 aliphatic heterocycles. The normalized spacial score (nSPS) is 14.5. The van der Waals surface area contributed by atoms with Gasteiger partial charge in [-0.05, 0) is 59.5 Å². The Morgan fingerprint density at radius 1 is 0.683 bits per heavy atom. The van der Waals surface area contributed by atoms with Gasteiger partial charge in [0.05, 0.1) is 18.1 Å². The van der Waals surface area contributed by atoms with Crippen LogP contribution in [0.5, 0.6) is 0 Å². The molecule has 0 atom stereocenters. The van der Waals surface area contributed by atoms with Gasteiger partial charge in [0.2, 0.25) is 0 Å². The number of piperazine rings is 1. The maximum atomic E-state index is 6.21. The third kappa shape index (κ3) is 6.88. The molecule has 1 N–H and O–H groups in total. The molecule has 1 aliphatic rings. The number of nitrogens with zero attached hydrogens (tertiary/aromatic N) is 4. The first kappa shape index (κ1) is 27.7. The van der Waals surface area contributed by atoms with Crippen LogP contribution in [0.25, 0.3) is 10.9 Å². The molecule has 0 bridgehead atoms. The molecule has 6 rings (SSSR count). The summed E-state index contributed by atoms with van der Waals surface area (Å²) in [6, 6.07) is 35.3. The molecular formula is C34H33Cl2N5. The Kier molecular flexibility index (Phi) is 8.78. The molecule has 41 heavy (non-hydrogen) atoms. The first-order valence-electron chi connectivity index (χ1n) is 14.1. The Morgan fingerprint density at radius 3 is 1.95 bits per heavy atom. The second-order valence-electron chi connectivity index (χ2n) is 10.5. The third-order valence-electron chi connectivity index (χ3n) is 7.71. The standard InChI is InChI=1S/C34H33Cl2N5/c35-28-14-10-26(11-15-28)33(27-12-16-29(36)17-13-27)41-22-20-40(21-23-41)24-32-38-31-9-5-4-8-30(31)34(39-32)37-19-18-25-6-2-1-3-7-25/h1-17,33H,18-24H2,(H,37,38,39). The number of nitrogens with one attached hydrogen (secondary N) is 1. The zero-order valence-corrected chi connectivity index (χ0v) is 24.4. The summed E-state index contributed by atoms with van der Waals surface area (Å²) >= 11 is 12.4. The van der Waals surface area contributed by atoms with Crippen LogP contribution in [0.15, 0.2) is 103 Å². The Bertz CT molecular complexity index is 1520. The summed E-state index contributed by atoms with van der Waals surface area (Å²) in [7, 11) is 0. The highest BCUT2D eigenvalue weighted by atomic mass is 35.5. The molecule has 5 aromatic rings.